The molecule has 2 aromatic carbocycles. The molecular formula is C25H20F3N5O3. The van der Waals surface area contributed by atoms with Gasteiger partial charge in [0, 0.05) is 23.8 Å². The molecule has 1 aliphatic rings. The van der Waals surface area contributed by atoms with E-state index in [1.54, 1.807) is 48.3 Å². The molecule has 2 aromatic heterocycles. The number of aryl methyl sites for hydroxylation is 1. The van der Waals surface area contributed by atoms with E-state index in [0.29, 0.717) is 29.9 Å². The van der Waals surface area contributed by atoms with Crippen molar-refractivity contribution in [3.63, 3.8) is 0 Å². The monoisotopic (exact) mass is 495 g/mol. The zero-order chi connectivity index (χ0) is 25.7. The highest BCUT2D eigenvalue weighted by atomic mass is 19.4. The van der Waals surface area contributed by atoms with E-state index in [4.69, 9.17) is 0 Å². The number of aromatic nitrogens is 3. The molecule has 11 heteroatoms. The molecule has 3 N–H and O–H groups in total. The van der Waals surface area contributed by atoms with E-state index >= 15 is 0 Å². The summed E-state index contributed by atoms with van der Waals surface area (Å²) in [6.45, 7) is 0. The number of carboxylic acid groups (broad SMARTS) is 1. The van der Waals surface area contributed by atoms with E-state index in [2.05, 4.69) is 20.7 Å². The van der Waals surface area contributed by atoms with Gasteiger partial charge in [-0.3, -0.25) is 9.48 Å². The molecule has 2 heterocycles. The molecule has 0 spiro atoms. The summed E-state index contributed by atoms with van der Waals surface area (Å²) in [5.41, 5.74) is 1.15. The van der Waals surface area contributed by atoms with Gasteiger partial charge in [0.05, 0.1) is 17.5 Å². The minimum absolute atomic E-state index is 0.00895. The second kappa shape index (κ2) is 8.36. The normalized spacial score (nSPS) is 14.4. The number of hydrogen-bond donors (Lipinski definition) is 3. The summed E-state index contributed by atoms with van der Waals surface area (Å²) in [6, 6.07) is 12.2. The Hall–Kier alpha value is -4.41. The Labute approximate surface area is 202 Å². The Morgan fingerprint density at radius 2 is 1.72 bits per heavy atom. The van der Waals surface area contributed by atoms with Crippen molar-refractivity contribution in [2.24, 2.45) is 7.05 Å². The summed E-state index contributed by atoms with van der Waals surface area (Å²) in [5, 5.41) is 19.7. The maximum atomic E-state index is 12.9. The maximum Gasteiger partial charge on any atom is 0.416 e. The first-order valence-electron chi connectivity index (χ1n) is 11.0. The van der Waals surface area contributed by atoms with Gasteiger partial charge in [-0.25, -0.2) is 9.78 Å². The van der Waals surface area contributed by atoms with Gasteiger partial charge in [-0.1, -0.05) is 18.2 Å². The molecule has 4 aromatic rings. The lowest BCUT2D eigenvalue weighted by atomic mass is 9.96. The number of urea groups is 1. The highest BCUT2D eigenvalue weighted by Gasteiger charge is 2.53. The van der Waals surface area contributed by atoms with E-state index < -0.39 is 29.2 Å². The Morgan fingerprint density at radius 1 is 1.03 bits per heavy atom. The third-order valence-electron chi connectivity index (χ3n) is 6.26. The molecule has 184 valence electrons. The predicted octanol–water partition coefficient (Wildman–Crippen LogP) is 5.41. The van der Waals surface area contributed by atoms with Crippen LogP contribution in [0.25, 0.3) is 22.2 Å². The van der Waals surface area contributed by atoms with Crippen LogP contribution in [0.2, 0.25) is 0 Å². The molecule has 0 saturated heterocycles. The van der Waals surface area contributed by atoms with Crippen LogP contribution in [0.3, 0.4) is 0 Å². The van der Waals surface area contributed by atoms with Crippen LogP contribution in [0.4, 0.5) is 29.3 Å². The summed E-state index contributed by atoms with van der Waals surface area (Å²) in [7, 11) is 1.74. The number of carbonyl (C=O) groups excluding carboxylic acids is 1. The Bertz CT molecular complexity index is 1490. The van der Waals surface area contributed by atoms with Crippen molar-refractivity contribution in [3.05, 3.63) is 72.1 Å². The minimum atomic E-state index is -4.51. The first-order chi connectivity index (χ1) is 17.1. The average Bonchev–Trinajstić information content (AvgIpc) is 3.57. The summed E-state index contributed by atoms with van der Waals surface area (Å²) in [4.78, 5) is 28.8. The molecule has 36 heavy (non-hydrogen) atoms. The van der Waals surface area contributed by atoms with Crippen LogP contribution in [0.1, 0.15) is 24.1 Å². The molecule has 0 atom stereocenters. The summed E-state index contributed by atoms with van der Waals surface area (Å²) in [5.74, 6) is -0.909. The van der Waals surface area contributed by atoms with Crippen molar-refractivity contribution in [1.82, 2.24) is 14.8 Å². The van der Waals surface area contributed by atoms with Crippen LogP contribution in [0, 0.1) is 0 Å². The van der Waals surface area contributed by atoms with Crippen LogP contribution in [-0.4, -0.2) is 31.9 Å². The third kappa shape index (κ3) is 4.23. The van der Waals surface area contributed by atoms with Gasteiger partial charge in [-0.2, -0.15) is 18.3 Å². The topological polar surface area (TPSA) is 109 Å². The van der Waals surface area contributed by atoms with Crippen molar-refractivity contribution in [2.75, 3.05) is 10.6 Å². The zero-order valence-electron chi connectivity index (χ0n) is 18.9. The molecule has 0 bridgehead atoms. The van der Waals surface area contributed by atoms with Crippen LogP contribution < -0.4 is 10.6 Å². The van der Waals surface area contributed by atoms with E-state index in [1.165, 1.54) is 12.1 Å². The number of nitrogens with zero attached hydrogens (tertiary/aromatic N) is 3. The number of fused-ring (bicyclic) bond motifs is 1. The molecule has 2 amide bonds. The third-order valence-corrected chi connectivity index (χ3v) is 6.26. The number of rotatable bonds is 5. The van der Waals surface area contributed by atoms with E-state index in [-0.39, 0.29) is 5.69 Å². The fourth-order valence-electron chi connectivity index (χ4n) is 4.10. The van der Waals surface area contributed by atoms with Crippen molar-refractivity contribution in [2.45, 2.75) is 24.4 Å². The van der Waals surface area contributed by atoms with Crippen molar-refractivity contribution in [1.29, 1.82) is 0 Å². The number of aliphatic carboxylic acids is 1. The molecule has 5 rings (SSSR count). The number of halogens is 3. The molecule has 1 aliphatic carbocycles. The number of benzene rings is 2. The maximum absolute atomic E-state index is 12.9. The second-order valence-electron chi connectivity index (χ2n) is 8.68. The molecule has 0 aliphatic heterocycles. The second-order valence-corrected chi connectivity index (χ2v) is 8.68. The quantitative estimate of drug-likeness (QED) is 0.343. The number of carboxylic acids is 1. The number of hydrogen-bond acceptors (Lipinski definition) is 4. The van der Waals surface area contributed by atoms with E-state index in [9.17, 15) is 27.9 Å². The SMILES string of the molecule is Cn1ncc2c(-c3ccc(NC(=O)Nc4cccc(C(F)(F)F)c4)cc3)cc(C3(C(=O)O)CC3)nc21. The molecule has 8 nitrogen and oxygen atoms in total. The van der Waals surface area contributed by atoms with Gasteiger partial charge in [0.2, 0.25) is 0 Å². The van der Waals surface area contributed by atoms with Crippen LogP contribution in [0.5, 0.6) is 0 Å². The standard InChI is InChI=1S/C25H20F3N5O3/c1-33-21-19(13-29-33)18(12-20(32-21)24(9-10-24)22(34)35)14-5-7-16(8-6-14)30-23(36)31-17-4-2-3-15(11-17)25(26,27)28/h2-8,11-13H,9-10H2,1H3,(H,34,35)(H2,30,31,36). The predicted molar refractivity (Wildman–Crippen MR) is 127 cm³/mol. The molecule has 0 unspecified atom stereocenters. The number of pyridine rings is 1. The number of alkyl halides is 3. The lowest BCUT2D eigenvalue weighted by Gasteiger charge is -2.13. The molecule has 1 saturated carbocycles. The Kier molecular flexibility index (Phi) is 5.42. The first-order valence-corrected chi connectivity index (χ1v) is 11.0. The van der Waals surface area contributed by atoms with Gasteiger partial charge in [0.1, 0.15) is 5.41 Å². The van der Waals surface area contributed by atoms with Crippen molar-refractivity contribution < 1.29 is 27.9 Å². The lowest BCUT2D eigenvalue weighted by Crippen LogP contribution is -2.21. The van der Waals surface area contributed by atoms with Gasteiger partial charge < -0.3 is 15.7 Å². The molecule has 0 radical (unpaired) electrons. The molecule has 1 fully saturated rings. The van der Waals surface area contributed by atoms with Gasteiger partial charge in [0.15, 0.2) is 5.65 Å². The van der Waals surface area contributed by atoms with E-state index in [0.717, 1.165) is 28.6 Å². The van der Waals surface area contributed by atoms with Crippen LogP contribution >= 0.6 is 0 Å². The number of anilines is 2. The summed E-state index contributed by atoms with van der Waals surface area (Å²) < 4.78 is 40.3. The van der Waals surface area contributed by atoms with Crippen molar-refractivity contribution >= 4 is 34.4 Å². The summed E-state index contributed by atoms with van der Waals surface area (Å²) >= 11 is 0. The highest BCUT2D eigenvalue weighted by Crippen LogP contribution is 2.49. The van der Waals surface area contributed by atoms with Gasteiger partial charge in [-0.15, -0.1) is 0 Å². The van der Waals surface area contributed by atoms with Crippen molar-refractivity contribution in [3.8, 4) is 11.1 Å². The number of nitrogens with one attached hydrogen (secondary N) is 2. The smallest absolute Gasteiger partial charge is 0.416 e. The minimum Gasteiger partial charge on any atom is -0.481 e. The van der Waals surface area contributed by atoms with Gasteiger partial charge >= 0.3 is 18.2 Å². The zero-order valence-corrected chi connectivity index (χ0v) is 18.9. The Morgan fingerprint density at radius 3 is 2.36 bits per heavy atom. The number of carbonyl (C=O) groups is 2. The highest BCUT2D eigenvalue weighted by molar-refractivity contribution is 6.00. The van der Waals surface area contributed by atoms with Gasteiger partial charge in [0.25, 0.3) is 0 Å². The molecular weight excluding hydrogens is 475 g/mol. The fraction of sp³-hybridized carbons (Fsp3) is 0.200. The Balaban J connectivity index is 1.38. The average molecular weight is 495 g/mol. The summed E-state index contributed by atoms with van der Waals surface area (Å²) in [6.07, 6.45) is -1.82. The lowest BCUT2D eigenvalue weighted by molar-refractivity contribution is -0.140. The largest absolute Gasteiger partial charge is 0.481 e. The van der Waals surface area contributed by atoms with Crippen LogP contribution in [0.15, 0.2) is 60.8 Å². The van der Waals surface area contributed by atoms with Crippen LogP contribution in [-0.2, 0) is 23.4 Å². The first kappa shape index (κ1) is 23.3. The van der Waals surface area contributed by atoms with Gasteiger partial charge in [-0.05, 0) is 60.4 Å². The van der Waals surface area contributed by atoms with E-state index in [1.807, 2.05) is 0 Å². The number of amides is 2. The fourth-order valence-corrected chi connectivity index (χ4v) is 4.10.